The van der Waals surface area contributed by atoms with Gasteiger partial charge in [0.15, 0.2) is 5.82 Å². The Bertz CT molecular complexity index is 696. The van der Waals surface area contributed by atoms with E-state index in [1.165, 1.54) is 12.1 Å². The van der Waals surface area contributed by atoms with Gasteiger partial charge in [0.05, 0.1) is 4.92 Å². The number of H-pyrrole nitrogens is 1. The number of carbonyl (C=O) groups excluding carboxylic acids is 1. The van der Waals surface area contributed by atoms with Crippen molar-refractivity contribution in [3.63, 3.8) is 0 Å². The maximum atomic E-state index is 12.1. The Morgan fingerprint density at radius 2 is 2.15 bits per heavy atom. The van der Waals surface area contributed by atoms with Crippen molar-refractivity contribution in [1.29, 1.82) is 0 Å². The number of anilines is 1. The fourth-order valence-corrected chi connectivity index (χ4v) is 1.80. The Morgan fingerprint density at radius 1 is 1.45 bits per heavy atom. The highest BCUT2D eigenvalue weighted by molar-refractivity contribution is 6.31. The molecule has 2 rings (SSSR count). The van der Waals surface area contributed by atoms with Crippen molar-refractivity contribution >= 4 is 29.0 Å². The predicted molar refractivity (Wildman–Crippen MR) is 74.1 cm³/mol. The maximum Gasteiger partial charge on any atom is 0.283 e. The van der Waals surface area contributed by atoms with E-state index in [1.54, 1.807) is 6.92 Å². The number of nitro groups is 1. The van der Waals surface area contributed by atoms with Gasteiger partial charge in [0.25, 0.3) is 11.6 Å². The van der Waals surface area contributed by atoms with Gasteiger partial charge in [0.1, 0.15) is 5.56 Å². The van der Waals surface area contributed by atoms with Gasteiger partial charge in [0, 0.05) is 22.3 Å². The highest BCUT2D eigenvalue weighted by Crippen LogP contribution is 2.24. The molecule has 0 saturated heterocycles. The summed E-state index contributed by atoms with van der Waals surface area (Å²) in [4.78, 5) is 22.4. The molecule has 0 aliphatic carbocycles. The number of amides is 1. The van der Waals surface area contributed by atoms with Crippen molar-refractivity contribution in [3.8, 4) is 0 Å². The lowest BCUT2D eigenvalue weighted by Gasteiger charge is -2.04. The van der Waals surface area contributed by atoms with Gasteiger partial charge in [0.2, 0.25) is 0 Å². The predicted octanol–water partition coefficient (Wildman–Crippen LogP) is 2.84. The van der Waals surface area contributed by atoms with Crippen LogP contribution in [0.1, 0.15) is 21.6 Å². The normalized spacial score (nSPS) is 10.3. The Hall–Kier alpha value is -2.41. The van der Waals surface area contributed by atoms with Crippen molar-refractivity contribution in [2.75, 3.05) is 5.32 Å². The van der Waals surface area contributed by atoms with E-state index in [1.807, 2.05) is 6.92 Å². The van der Waals surface area contributed by atoms with Crippen LogP contribution < -0.4 is 5.32 Å². The summed E-state index contributed by atoms with van der Waals surface area (Å²) in [6.07, 6.45) is 0. The first-order chi connectivity index (χ1) is 9.40. The summed E-state index contributed by atoms with van der Waals surface area (Å²) < 4.78 is 0. The molecule has 0 unspecified atom stereocenters. The van der Waals surface area contributed by atoms with E-state index in [9.17, 15) is 14.9 Å². The number of nitrogens with one attached hydrogen (secondary N) is 2. The van der Waals surface area contributed by atoms with E-state index in [2.05, 4.69) is 15.5 Å². The third kappa shape index (κ3) is 2.62. The lowest BCUT2D eigenvalue weighted by molar-refractivity contribution is -0.385. The van der Waals surface area contributed by atoms with E-state index < -0.39 is 10.8 Å². The van der Waals surface area contributed by atoms with Crippen LogP contribution >= 0.6 is 11.6 Å². The molecule has 0 aliphatic rings. The highest BCUT2D eigenvalue weighted by Gasteiger charge is 2.21. The van der Waals surface area contributed by atoms with Gasteiger partial charge in [-0.3, -0.25) is 20.0 Å². The van der Waals surface area contributed by atoms with Crippen LogP contribution in [0.15, 0.2) is 18.2 Å². The maximum absolute atomic E-state index is 12.1. The lowest BCUT2D eigenvalue weighted by atomic mass is 10.1. The van der Waals surface area contributed by atoms with Crippen molar-refractivity contribution in [2.24, 2.45) is 0 Å². The molecule has 1 aromatic heterocycles. The Morgan fingerprint density at radius 3 is 2.70 bits per heavy atom. The molecule has 0 radical (unpaired) electrons. The van der Waals surface area contributed by atoms with Gasteiger partial charge >= 0.3 is 0 Å². The molecule has 0 fully saturated rings. The number of nitro benzene ring substituents is 1. The highest BCUT2D eigenvalue weighted by atomic mass is 35.5. The molecule has 7 nitrogen and oxygen atoms in total. The number of aromatic amines is 1. The fourth-order valence-electron chi connectivity index (χ4n) is 1.63. The largest absolute Gasteiger partial charge is 0.305 e. The van der Waals surface area contributed by atoms with Gasteiger partial charge in [-0.15, -0.1) is 0 Å². The second-order valence-corrected chi connectivity index (χ2v) is 4.63. The topological polar surface area (TPSA) is 101 Å². The van der Waals surface area contributed by atoms with Crippen LogP contribution in [0, 0.1) is 24.0 Å². The van der Waals surface area contributed by atoms with E-state index >= 15 is 0 Å². The van der Waals surface area contributed by atoms with Crippen LogP contribution in [0.25, 0.3) is 0 Å². The van der Waals surface area contributed by atoms with Crippen LogP contribution in [-0.4, -0.2) is 21.0 Å². The van der Waals surface area contributed by atoms with Gasteiger partial charge in [-0.05, 0) is 26.0 Å². The molecule has 104 valence electrons. The minimum Gasteiger partial charge on any atom is -0.305 e. The zero-order chi connectivity index (χ0) is 14.9. The minimum absolute atomic E-state index is 0.0700. The number of hydrogen-bond donors (Lipinski definition) is 2. The SMILES string of the molecule is Cc1[nH]nc(NC(=O)c2ccc(Cl)cc2[N+](=O)[O-])c1C. The van der Waals surface area contributed by atoms with Gasteiger partial charge in [-0.1, -0.05) is 11.6 Å². The zero-order valence-corrected chi connectivity index (χ0v) is 11.5. The summed E-state index contributed by atoms with van der Waals surface area (Å²) in [6.45, 7) is 3.59. The summed E-state index contributed by atoms with van der Waals surface area (Å²) in [5, 5.41) is 20.3. The Kier molecular flexibility index (Phi) is 3.71. The number of rotatable bonds is 3. The van der Waals surface area contributed by atoms with Crippen LogP contribution in [0.5, 0.6) is 0 Å². The van der Waals surface area contributed by atoms with E-state index in [0.29, 0.717) is 5.82 Å². The molecule has 8 heteroatoms. The number of aryl methyl sites for hydroxylation is 1. The molecule has 2 aromatic rings. The molecular formula is C12H11ClN4O3. The summed E-state index contributed by atoms with van der Waals surface area (Å²) >= 11 is 5.70. The van der Waals surface area contributed by atoms with Crippen LogP contribution in [-0.2, 0) is 0 Å². The summed E-state index contributed by atoms with van der Waals surface area (Å²) in [7, 11) is 0. The quantitative estimate of drug-likeness (QED) is 0.671. The Balaban J connectivity index is 2.34. The monoisotopic (exact) mass is 294 g/mol. The molecule has 1 heterocycles. The second kappa shape index (κ2) is 5.30. The number of aromatic nitrogens is 2. The van der Waals surface area contributed by atoms with E-state index in [-0.39, 0.29) is 16.3 Å². The first-order valence-electron chi connectivity index (χ1n) is 5.67. The molecule has 20 heavy (non-hydrogen) atoms. The van der Waals surface area contributed by atoms with Gasteiger partial charge < -0.3 is 5.32 Å². The van der Waals surface area contributed by atoms with E-state index in [4.69, 9.17) is 11.6 Å². The number of halogens is 1. The van der Waals surface area contributed by atoms with Crippen molar-refractivity contribution in [1.82, 2.24) is 10.2 Å². The fraction of sp³-hybridized carbons (Fsp3) is 0.167. The first-order valence-corrected chi connectivity index (χ1v) is 6.05. The van der Waals surface area contributed by atoms with Gasteiger partial charge in [-0.2, -0.15) is 5.10 Å². The summed E-state index contributed by atoms with van der Waals surface area (Å²) in [5.74, 6) is -0.264. The minimum atomic E-state index is -0.649. The first kappa shape index (κ1) is 14.0. The molecule has 0 saturated carbocycles. The second-order valence-electron chi connectivity index (χ2n) is 4.19. The van der Waals surface area contributed by atoms with Crippen molar-refractivity contribution in [2.45, 2.75) is 13.8 Å². The average molecular weight is 295 g/mol. The number of nitrogens with zero attached hydrogens (tertiary/aromatic N) is 2. The number of benzene rings is 1. The Labute approximate surface area is 119 Å². The molecule has 1 amide bonds. The molecule has 1 aromatic carbocycles. The van der Waals surface area contributed by atoms with Crippen LogP contribution in [0.3, 0.4) is 0 Å². The zero-order valence-electron chi connectivity index (χ0n) is 10.7. The van der Waals surface area contributed by atoms with E-state index in [0.717, 1.165) is 17.3 Å². The number of hydrogen-bond acceptors (Lipinski definition) is 4. The lowest BCUT2D eigenvalue weighted by Crippen LogP contribution is -2.14. The third-order valence-electron chi connectivity index (χ3n) is 2.89. The number of carbonyl (C=O) groups is 1. The van der Waals surface area contributed by atoms with Gasteiger partial charge in [-0.25, -0.2) is 0 Å². The van der Waals surface area contributed by atoms with Crippen molar-refractivity contribution in [3.05, 3.63) is 50.2 Å². The molecule has 0 spiro atoms. The standard InChI is InChI=1S/C12H11ClN4O3/c1-6-7(2)15-16-11(6)14-12(18)9-4-3-8(13)5-10(9)17(19)20/h3-5H,1-2H3,(H2,14,15,16,18). The smallest absolute Gasteiger partial charge is 0.283 e. The average Bonchev–Trinajstić information content (AvgIpc) is 2.70. The van der Waals surface area contributed by atoms with Crippen LogP contribution in [0.4, 0.5) is 11.5 Å². The molecule has 0 bridgehead atoms. The van der Waals surface area contributed by atoms with Crippen LogP contribution in [0.2, 0.25) is 5.02 Å². The molecular weight excluding hydrogens is 284 g/mol. The summed E-state index contributed by atoms with van der Waals surface area (Å²) in [5.41, 5.74) is 1.17. The van der Waals surface area contributed by atoms with Crippen molar-refractivity contribution < 1.29 is 9.72 Å². The molecule has 2 N–H and O–H groups in total. The summed E-state index contributed by atoms with van der Waals surface area (Å²) in [6, 6.07) is 3.87. The third-order valence-corrected chi connectivity index (χ3v) is 3.12. The molecule has 0 atom stereocenters. The molecule has 0 aliphatic heterocycles.